The molecule has 6 heteroatoms. The molecule has 176 valence electrons. The summed E-state index contributed by atoms with van der Waals surface area (Å²) < 4.78 is 10.6. The Morgan fingerprint density at radius 3 is 2.24 bits per heavy atom. The van der Waals surface area contributed by atoms with Crippen molar-refractivity contribution in [2.75, 3.05) is 20.8 Å². The first-order valence-electron chi connectivity index (χ1n) is 11.5. The van der Waals surface area contributed by atoms with Crippen molar-refractivity contribution < 1.29 is 19.1 Å². The summed E-state index contributed by atoms with van der Waals surface area (Å²) in [5, 5.41) is 3.20. The number of hydrogen-bond acceptors (Lipinski definition) is 4. The van der Waals surface area contributed by atoms with Crippen LogP contribution in [0, 0.1) is 0 Å². The zero-order valence-corrected chi connectivity index (χ0v) is 19.6. The van der Waals surface area contributed by atoms with Crippen LogP contribution < -0.4 is 14.8 Å². The van der Waals surface area contributed by atoms with E-state index in [9.17, 15) is 9.59 Å². The lowest BCUT2D eigenvalue weighted by atomic mass is 9.98. The second-order valence-corrected chi connectivity index (χ2v) is 8.47. The van der Waals surface area contributed by atoms with Crippen molar-refractivity contribution in [1.82, 2.24) is 10.2 Å². The van der Waals surface area contributed by atoms with E-state index in [4.69, 9.17) is 9.47 Å². The molecule has 3 aromatic carbocycles. The summed E-state index contributed by atoms with van der Waals surface area (Å²) in [5.74, 6) is 1.59. The minimum atomic E-state index is -0.226. The second kappa shape index (κ2) is 10.9. The van der Waals surface area contributed by atoms with Crippen LogP contribution >= 0.6 is 0 Å². The van der Waals surface area contributed by atoms with E-state index in [0.29, 0.717) is 24.9 Å². The van der Waals surface area contributed by atoms with Crippen molar-refractivity contribution in [3.05, 3.63) is 95.1 Å². The zero-order valence-electron chi connectivity index (χ0n) is 19.6. The third-order valence-electron chi connectivity index (χ3n) is 6.16. The molecule has 1 aliphatic rings. The predicted octanol–water partition coefficient (Wildman–Crippen LogP) is 4.54. The van der Waals surface area contributed by atoms with E-state index in [0.717, 1.165) is 41.2 Å². The molecule has 1 heterocycles. The summed E-state index contributed by atoms with van der Waals surface area (Å²) in [6, 6.07) is 22.9. The number of ether oxygens (including phenoxy) is 2. The number of carbonyl (C=O) groups is 2. The molecular formula is C28H30N2O4. The molecule has 1 aliphatic heterocycles. The van der Waals surface area contributed by atoms with Crippen molar-refractivity contribution in [3.63, 3.8) is 0 Å². The molecule has 0 aliphatic carbocycles. The SMILES string of the molecule is COc1ccc(CC(NC(=O)c2cccc(CN3CCCC3=O)c2)c2ccc(OC)cc2)cc1. The van der Waals surface area contributed by atoms with E-state index >= 15 is 0 Å². The maximum atomic E-state index is 13.3. The van der Waals surface area contributed by atoms with Crippen molar-refractivity contribution in [1.29, 1.82) is 0 Å². The van der Waals surface area contributed by atoms with E-state index in [1.54, 1.807) is 14.2 Å². The Bertz CT molecular complexity index is 1130. The Kier molecular flexibility index (Phi) is 7.48. The van der Waals surface area contributed by atoms with Gasteiger partial charge in [0.2, 0.25) is 5.91 Å². The second-order valence-electron chi connectivity index (χ2n) is 8.47. The molecule has 6 nitrogen and oxygen atoms in total. The van der Waals surface area contributed by atoms with E-state index in [1.165, 1.54) is 0 Å². The minimum absolute atomic E-state index is 0.149. The van der Waals surface area contributed by atoms with Gasteiger partial charge < -0.3 is 19.7 Å². The van der Waals surface area contributed by atoms with Crippen LogP contribution in [0.4, 0.5) is 0 Å². The first-order valence-corrected chi connectivity index (χ1v) is 11.5. The topological polar surface area (TPSA) is 67.9 Å². The van der Waals surface area contributed by atoms with Gasteiger partial charge in [-0.15, -0.1) is 0 Å². The number of nitrogens with one attached hydrogen (secondary N) is 1. The van der Waals surface area contributed by atoms with Gasteiger partial charge in [0.05, 0.1) is 20.3 Å². The van der Waals surface area contributed by atoms with Crippen LogP contribution in [-0.2, 0) is 17.8 Å². The molecule has 4 rings (SSSR count). The Morgan fingerprint density at radius 1 is 0.941 bits per heavy atom. The molecule has 1 N–H and O–H groups in total. The largest absolute Gasteiger partial charge is 0.497 e. The van der Waals surface area contributed by atoms with Crippen LogP contribution in [0.15, 0.2) is 72.8 Å². The molecule has 34 heavy (non-hydrogen) atoms. The molecule has 0 saturated carbocycles. The van der Waals surface area contributed by atoms with Gasteiger partial charge in [-0.2, -0.15) is 0 Å². The molecule has 1 saturated heterocycles. The highest BCUT2D eigenvalue weighted by molar-refractivity contribution is 5.94. The average Bonchev–Trinajstić information content (AvgIpc) is 3.28. The lowest BCUT2D eigenvalue weighted by Crippen LogP contribution is -2.30. The van der Waals surface area contributed by atoms with Crippen LogP contribution in [-0.4, -0.2) is 37.5 Å². The van der Waals surface area contributed by atoms with Crippen LogP contribution in [0.5, 0.6) is 11.5 Å². The van der Waals surface area contributed by atoms with Crippen molar-refractivity contribution in [2.45, 2.75) is 31.8 Å². The van der Waals surface area contributed by atoms with Crippen LogP contribution in [0.1, 0.15) is 45.9 Å². The molecule has 0 bridgehead atoms. The van der Waals surface area contributed by atoms with Gasteiger partial charge in [0.25, 0.3) is 5.91 Å². The molecule has 0 aromatic heterocycles. The van der Waals surface area contributed by atoms with E-state index in [-0.39, 0.29) is 17.9 Å². The first kappa shape index (κ1) is 23.4. The van der Waals surface area contributed by atoms with Gasteiger partial charge in [0, 0.05) is 25.1 Å². The highest BCUT2D eigenvalue weighted by Gasteiger charge is 2.21. The molecule has 1 atom stereocenters. The van der Waals surface area contributed by atoms with Crippen molar-refractivity contribution in [2.24, 2.45) is 0 Å². The van der Waals surface area contributed by atoms with E-state index in [1.807, 2.05) is 77.7 Å². The van der Waals surface area contributed by atoms with Crippen molar-refractivity contribution in [3.8, 4) is 11.5 Å². The normalized spacial score (nSPS) is 14.1. The zero-order chi connectivity index (χ0) is 23.9. The van der Waals surface area contributed by atoms with Gasteiger partial charge in [-0.25, -0.2) is 0 Å². The number of benzene rings is 3. The number of methoxy groups -OCH3 is 2. The number of amides is 2. The summed E-state index contributed by atoms with van der Waals surface area (Å²) in [5.41, 5.74) is 3.61. The molecule has 3 aromatic rings. The van der Waals surface area contributed by atoms with Gasteiger partial charge in [-0.05, 0) is 65.9 Å². The standard InChI is InChI=1S/C28H30N2O4/c1-33-24-12-8-20(9-13-24)18-26(22-10-14-25(34-2)15-11-22)29-28(32)23-6-3-5-21(17-23)19-30-16-4-7-27(30)31/h3,5-6,8-15,17,26H,4,7,16,18-19H2,1-2H3,(H,29,32). The summed E-state index contributed by atoms with van der Waals surface area (Å²) in [4.78, 5) is 27.1. The fraction of sp³-hybridized carbons (Fsp3) is 0.286. The number of nitrogens with zero attached hydrogens (tertiary/aromatic N) is 1. The Hall–Kier alpha value is -3.80. The summed E-state index contributed by atoms with van der Waals surface area (Å²) in [6.07, 6.45) is 2.13. The Morgan fingerprint density at radius 2 is 1.62 bits per heavy atom. The third kappa shape index (κ3) is 5.76. The molecule has 0 spiro atoms. The van der Waals surface area contributed by atoms with Gasteiger partial charge in [0.1, 0.15) is 11.5 Å². The maximum absolute atomic E-state index is 13.3. The van der Waals surface area contributed by atoms with Crippen molar-refractivity contribution >= 4 is 11.8 Å². The average molecular weight is 459 g/mol. The summed E-state index contributed by atoms with van der Waals surface area (Å²) >= 11 is 0. The third-order valence-corrected chi connectivity index (χ3v) is 6.16. The van der Waals surface area contributed by atoms with E-state index < -0.39 is 0 Å². The molecule has 1 unspecified atom stereocenters. The number of carbonyl (C=O) groups excluding carboxylic acids is 2. The van der Waals surface area contributed by atoms with Crippen LogP contribution in [0.2, 0.25) is 0 Å². The number of hydrogen-bond donors (Lipinski definition) is 1. The van der Waals surface area contributed by atoms with Gasteiger partial charge >= 0.3 is 0 Å². The molecule has 2 amide bonds. The molecule has 0 radical (unpaired) electrons. The lowest BCUT2D eigenvalue weighted by Gasteiger charge is -2.21. The smallest absolute Gasteiger partial charge is 0.251 e. The Balaban J connectivity index is 1.53. The fourth-order valence-electron chi connectivity index (χ4n) is 4.23. The van der Waals surface area contributed by atoms with Crippen LogP contribution in [0.25, 0.3) is 0 Å². The molecular weight excluding hydrogens is 428 g/mol. The van der Waals surface area contributed by atoms with Gasteiger partial charge in [-0.1, -0.05) is 36.4 Å². The maximum Gasteiger partial charge on any atom is 0.251 e. The summed E-state index contributed by atoms with van der Waals surface area (Å²) in [7, 11) is 3.28. The quantitative estimate of drug-likeness (QED) is 0.511. The van der Waals surface area contributed by atoms with Gasteiger partial charge in [0.15, 0.2) is 0 Å². The highest BCUT2D eigenvalue weighted by atomic mass is 16.5. The Labute approximate surface area is 200 Å². The van der Waals surface area contributed by atoms with Crippen LogP contribution in [0.3, 0.4) is 0 Å². The number of rotatable bonds is 9. The monoisotopic (exact) mass is 458 g/mol. The highest BCUT2D eigenvalue weighted by Crippen LogP contribution is 2.24. The van der Waals surface area contributed by atoms with Gasteiger partial charge in [-0.3, -0.25) is 9.59 Å². The number of likely N-dealkylation sites (tertiary alicyclic amines) is 1. The predicted molar refractivity (Wildman–Crippen MR) is 131 cm³/mol. The summed E-state index contributed by atoms with van der Waals surface area (Å²) in [6.45, 7) is 1.31. The fourth-order valence-corrected chi connectivity index (χ4v) is 4.23. The minimum Gasteiger partial charge on any atom is -0.497 e. The first-order chi connectivity index (χ1) is 16.6. The van der Waals surface area contributed by atoms with E-state index in [2.05, 4.69) is 5.32 Å². The molecule has 1 fully saturated rings. The lowest BCUT2D eigenvalue weighted by molar-refractivity contribution is -0.128.